The first kappa shape index (κ1) is 14.5. The Morgan fingerprint density at radius 2 is 1.88 bits per heavy atom. The van der Waals surface area contributed by atoms with Gasteiger partial charge in [0, 0.05) is 6.42 Å². The van der Waals surface area contributed by atoms with Crippen molar-refractivity contribution in [2.45, 2.75) is 40.0 Å². The van der Waals surface area contributed by atoms with Crippen LogP contribution in [-0.4, -0.2) is 16.2 Å². The summed E-state index contributed by atoms with van der Waals surface area (Å²) >= 11 is 0. The normalized spacial score (nSPS) is 9.56. The highest BCUT2D eigenvalue weighted by Crippen LogP contribution is 2.25. The summed E-state index contributed by atoms with van der Waals surface area (Å²) in [5, 5.41) is 17.1. The zero-order valence-electron chi connectivity index (χ0n) is 10.3. The SMILES string of the molecule is CCC(=O)O.Cc1c(O)cccc1C(C)C. The molecule has 0 aliphatic heterocycles. The molecule has 0 aromatic heterocycles. The molecule has 90 valence electrons. The summed E-state index contributed by atoms with van der Waals surface area (Å²) in [6.07, 6.45) is 0.222. The summed E-state index contributed by atoms with van der Waals surface area (Å²) in [6.45, 7) is 7.80. The lowest BCUT2D eigenvalue weighted by atomic mass is 9.98. The molecule has 0 heterocycles. The van der Waals surface area contributed by atoms with Crippen molar-refractivity contribution < 1.29 is 15.0 Å². The van der Waals surface area contributed by atoms with E-state index in [0.717, 1.165) is 5.56 Å². The maximum atomic E-state index is 9.37. The van der Waals surface area contributed by atoms with Crippen molar-refractivity contribution in [3.63, 3.8) is 0 Å². The minimum absolute atomic E-state index is 0.222. The highest BCUT2D eigenvalue weighted by atomic mass is 16.4. The number of benzene rings is 1. The lowest BCUT2D eigenvalue weighted by Crippen LogP contribution is -1.90. The highest BCUT2D eigenvalue weighted by molar-refractivity contribution is 5.66. The third kappa shape index (κ3) is 4.82. The van der Waals surface area contributed by atoms with E-state index in [1.165, 1.54) is 5.56 Å². The van der Waals surface area contributed by atoms with Crippen LogP contribution in [0, 0.1) is 6.92 Å². The number of rotatable bonds is 2. The van der Waals surface area contributed by atoms with E-state index in [9.17, 15) is 9.90 Å². The second-order valence-corrected chi connectivity index (χ2v) is 3.89. The van der Waals surface area contributed by atoms with E-state index in [-0.39, 0.29) is 6.42 Å². The zero-order chi connectivity index (χ0) is 12.7. The third-order valence-corrected chi connectivity index (χ3v) is 2.27. The summed E-state index contributed by atoms with van der Waals surface area (Å²) in [7, 11) is 0. The molecular weight excluding hydrogens is 204 g/mol. The van der Waals surface area contributed by atoms with Crippen LogP contribution >= 0.6 is 0 Å². The van der Waals surface area contributed by atoms with Crippen molar-refractivity contribution in [3.05, 3.63) is 29.3 Å². The predicted molar refractivity (Wildman–Crippen MR) is 64.9 cm³/mol. The summed E-state index contributed by atoms with van der Waals surface area (Å²) in [5.74, 6) is 0.142. The molecule has 0 spiro atoms. The molecule has 0 unspecified atom stereocenters. The average Bonchev–Trinajstić information content (AvgIpc) is 2.22. The van der Waals surface area contributed by atoms with Crippen molar-refractivity contribution in [2.24, 2.45) is 0 Å². The largest absolute Gasteiger partial charge is 0.508 e. The van der Waals surface area contributed by atoms with Gasteiger partial charge in [-0.05, 0) is 30.0 Å². The van der Waals surface area contributed by atoms with Gasteiger partial charge in [-0.15, -0.1) is 0 Å². The molecule has 1 aromatic carbocycles. The van der Waals surface area contributed by atoms with E-state index in [4.69, 9.17) is 5.11 Å². The Balaban J connectivity index is 0.000000385. The molecule has 1 rings (SSSR count). The Morgan fingerprint density at radius 3 is 2.19 bits per heavy atom. The van der Waals surface area contributed by atoms with E-state index in [2.05, 4.69) is 19.9 Å². The standard InChI is InChI=1S/C10H14O.C3H6O2/c1-7(2)9-5-4-6-10(11)8(9)3;1-2-3(4)5/h4-7,11H,1-3H3;2H2,1H3,(H,4,5). The van der Waals surface area contributed by atoms with Gasteiger partial charge in [0.2, 0.25) is 0 Å². The molecule has 0 saturated carbocycles. The first-order valence-corrected chi connectivity index (χ1v) is 5.40. The first-order valence-electron chi connectivity index (χ1n) is 5.40. The van der Waals surface area contributed by atoms with Crippen LogP contribution in [0.5, 0.6) is 5.75 Å². The molecule has 0 amide bonds. The zero-order valence-corrected chi connectivity index (χ0v) is 10.3. The van der Waals surface area contributed by atoms with Crippen LogP contribution in [0.4, 0.5) is 0 Å². The summed E-state index contributed by atoms with van der Waals surface area (Å²) < 4.78 is 0. The van der Waals surface area contributed by atoms with Crippen molar-refractivity contribution >= 4 is 5.97 Å². The van der Waals surface area contributed by atoms with Crippen LogP contribution in [0.25, 0.3) is 0 Å². The molecular formula is C13H20O3. The number of carboxylic acid groups (broad SMARTS) is 1. The lowest BCUT2D eigenvalue weighted by Gasteiger charge is -2.09. The molecule has 0 aliphatic carbocycles. The second-order valence-electron chi connectivity index (χ2n) is 3.89. The number of hydrogen-bond acceptors (Lipinski definition) is 2. The van der Waals surface area contributed by atoms with Crippen molar-refractivity contribution in [1.82, 2.24) is 0 Å². The Hall–Kier alpha value is -1.51. The molecule has 0 saturated heterocycles. The Morgan fingerprint density at radius 1 is 1.38 bits per heavy atom. The van der Waals surface area contributed by atoms with Crippen molar-refractivity contribution in [1.29, 1.82) is 0 Å². The van der Waals surface area contributed by atoms with Gasteiger partial charge in [0.15, 0.2) is 0 Å². The van der Waals surface area contributed by atoms with Crippen LogP contribution in [0.15, 0.2) is 18.2 Å². The summed E-state index contributed by atoms with van der Waals surface area (Å²) in [6, 6.07) is 5.67. The number of aliphatic carboxylic acids is 1. The maximum Gasteiger partial charge on any atom is 0.303 e. The number of phenolic OH excluding ortho intramolecular Hbond substituents is 1. The van der Waals surface area contributed by atoms with Gasteiger partial charge >= 0.3 is 5.97 Å². The molecule has 2 N–H and O–H groups in total. The van der Waals surface area contributed by atoms with Crippen LogP contribution in [-0.2, 0) is 4.79 Å². The van der Waals surface area contributed by atoms with Crippen LogP contribution in [0.2, 0.25) is 0 Å². The minimum Gasteiger partial charge on any atom is -0.508 e. The molecule has 0 bridgehead atoms. The Labute approximate surface area is 96.7 Å². The molecule has 3 heteroatoms. The van der Waals surface area contributed by atoms with Crippen molar-refractivity contribution in [3.8, 4) is 5.75 Å². The number of carboxylic acids is 1. The predicted octanol–water partition coefficient (Wildman–Crippen LogP) is 3.31. The van der Waals surface area contributed by atoms with Gasteiger partial charge in [0.05, 0.1) is 0 Å². The second kappa shape index (κ2) is 6.88. The number of aromatic hydroxyl groups is 1. The average molecular weight is 224 g/mol. The molecule has 0 atom stereocenters. The van der Waals surface area contributed by atoms with Gasteiger partial charge in [0.1, 0.15) is 5.75 Å². The fourth-order valence-corrected chi connectivity index (χ4v) is 1.27. The number of carbonyl (C=O) groups is 1. The van der Waals surface area contributed by atoms with E-state index < -0.39 is 5.97 Å². The topological polar surface area (TPSA) is 57.5 Å². The van der Waals surface area contributed by atoms with E-state index in [1.54, 1.807) is 13.0 Å². The maximum absolute atomic E-state index is 9.37. The van der Waals surface area contributed by atoms with E-state index in [1.807, 2.05) is 13.0 Å². The van der Waals surface area contributed by atoms with E-state index >= 15 is 0 Å². The molecule has 0 aliphatic rings. The molecule has 0 radical (unpaired) electrons. The number of phenols is 1. The quantitative estimate of drug-likeness (QED) is 0.810. The Kier molecular flexibility index (Phi) is 6.23. The van der Waals surface area contributed by atoms with Gasteiger partial charge in [-0.25, -0.2) is 0 Å². The third-order valence-electron chi connectivity index (χ3n) is 2.27. The van der Waals surface area contributed by atoms with Gasteiger partial charge in [-0.2, -0.15) is 0 Å². The van der Waals surface area contributed by atoms with Crippen LogP contribution in [0.3, 0.4) is 0 Å². The van der Waals surface area contributed by atoms with Crippen LogP contribution in [0.1, 0.15) is 44.2 Å². The minimum atomic E-state index is -0.745. The van der Waals surface area contributed by atoms with E-state index in [0.29, 0.717) is 11.7 Å². The summed E-state index contributed by atoms with van der Waals surface area (Å²) in [4.78, 5) is 9.37. The fraction of sp³-hybridized carbons (Fsp3) is 0.462. The molecule has 3 nitrogen and oxygen atoms in total. The lowest BCUT2D eigenvalue weighted by molar-refractivity contribution is -0.136. The smallest absolute Gasteiger partial charge is 0.303 e. The van der Waals surface area contributed by atoms with Crippen LogP contribution < -0.4 is 0 Å². The Bertz CT molecular complexity index is 343. The van der Waals surface area contributed by atoms with Crippen molar-refractivity contribution in [2.75, 3.05) is 0 Å². The molecule has 0 fully saturated rings. The van der Waals surface area contributed by atoms with Gasteiger partial charge in [0.25, 0.3) is 0 Å². The summed E-state index contributed by atoms with van der Waals surface area (Å²) in [5.41, 5.74) is 2.23. The fourth-order valence-electron chi connectivity index (χ4n) is 1.27. The first-order chi connectivity index (χ1) is 7.40. The van der Waals surface area contributed by atoms with Gasteiger partial charge in [-0.3, -0.25) is 4.79 Å². The van der Waals surface area contributed by atoms with Gasteiger partial charge < -0.3 is 10.2 Å². The highest BCUT2D eigenvalue weighted by Gasteiger charge is 2.04. The van der Waals surface area contributed by atoms with Gasteiger partial charge in [-0.1, -0.05) is 32.9 Å². The monoisotopic (exact) mass is 224 g/mol. The number of hydrogen-bond donors (Lipinski definition) is 2. The molecule has 1 aromatic rings. The molecule has 16 heavy (non-hydrogen) atoms.